The molecule has 0 aromatic carbocycles. The van der Waals surface area contributed by atoms with Crippen molar-refractivity contribution in [2.24, 2.45) is 0 Å². The van der Waals surface area contributed by atoms with Crippen molar-refractivity contribution in [3.63, 3.8) is 0 Å². The van der Waals surface area contributed by atoms with Crippen molar-refractivity contribution in [1.29, 1.82) is 0 Å². The third-order valence-corrected chi connectivity index (χ3v) is 3.09. The van der Waals surface area contributed by atoms with Crippen LogP contribution in [0, 0.1) is 0 Å². The molecular formula is C10H14ClNO. The van der Waals surface area contributed by atoms with Gasteiger partial charge in [0, 0.05) is 11.0 Å². The summed E-state index contributed by atoms with van der Waals surface area (Å²) in [5, 5.41) is 4.00. The quantitative estimate of drug-likeness (QED) is 0.650. The highest BCUT2D eigenvalue weighted by molar-refractivity contribution is 6.17. The molecule has 2 nitrogen and oxygen atoms in total. The van der Waals surface area contributed by atoms with Crippen molar-refractivity contribution >= 4 is 11.6 Å². The first-order valence-corrected chi connectivity index (χ1v) is 5.22. The van der Waals surface area contributed by atoms with E-state index in [4.69, 9.17) is 16.1 Å². The van der Waals surface area contributed by atoms with Crippen LogP contribution in [-0.2, 0) is 17.7 Å². The second-order valence-electron chi connectivity index (χ2n) is 4.31. The summed E-state index contributed by atoms with van der Waals surface area (Å²) in [5.74, 6) is 1.52. The minimum absolute atomic E-state index is 0.144. The maximum absolute atomic E-state index is 5.78. The predicted octanol–water partition coefficient (Wildman–Crippen LogP) is 3.03. The van der Waals surface area contributed by atoms with Crippen LogP contribution >= 0.6 is 11.6 Å². The minimum atomic E-state index is 0.144. The van der Waals surface area contributed by atoms with Gasteiger partial charge in [-0.3, -0.25) is 0 Å². The highest BCUT2D eigenvalue weighted by atomic mass is 35.5. The number of hydrogen-bond acceptors (Lipinski definition) is 2. The van der Waals surface area contributed by atoms with Crippen LogP contribution in [0.2, 0.25) is 0 Å². The van der Waals surface area contributed by atoms with E-state index in [1.165, 1.54) is 18.4 Å². The Morgan fingerprint density at radius 2 is 2.31 bits per heavy atom. The molecule has 72 valence electrons. The lowest BCUT2D eigenvalue weighted by Gasteiger charge is -2.26. The molecule has 0 bridgehead atoms. The van der Waals surface area contributed by atoms with Gasteiger partial charge in [-0.2, -0.15) is 0 Å². The maximum Gasteiger partial charge on any atom is 0.145 e. The molecule has 0 aliphatic heterocycles. The molecule has 0 unspecified atom stereocenters. The second kappa shape index (κ2) is 3.02. The Labute approximate surface area is 83.2 Å². The zero-order chi connectivity index (χ0) is 9.47. The monoisotopic (exact) mass is 199 g/mol. The fourth-order valence-electron chi connectivity index (χ4n) is 2.06. The average Bonchev–Trinajstić information content (AvgIpc) is 2.48. The molecule has 1 aliphatic carbocycles. The summed E-state index contributed by atoms with van der Waals surface area (Å²) in [7, 11) is 0. The first-order valence-electron chi connectivity index (χ1n) is 4.69. The molecular weight excluding hydrogens is 186 g/mol. The molecule has 0 N–H and O–H groups in total. The largest absolute Gasteiger partial charge is 0.360 e. The maximum atomic E-state index is 5.78. The summed E-state index contributed by atoms with van der Waals surface area (Å²) in [6.07, 6.45) is 3.46. The van der Waals surface area contributed by atoms with Crippen molar-refractivity contribution in [2.75, 3.05) is 0 Å². The molecule has 1 aromatic rings. The molecule has 0 radical (unpaired) electrons. The minimum Gasteiger partial charge on any atom is -0.360 e. The molecule has 13 heavy (non-hydrogen) atoms. The molecule has 0 atom stereocenters. The normalized spacial score (nSPS) is 19.9. The summed E-state index contributed by atoms with van der Waals surface area (Å²) < 4.78 is 5.36. The molecule has 0 spiro atoms. The number of nitrogens with zero attached hydrogens (tertiary/aromatic N) is 1. The second-order valence-corrected chi connectivity index (χ2v) is 4.58. The van der Waals surface area contributed by atoms with Gasteiger partial charge in [0.05, 0.1) is 5.88 Å². The van der Waals surface area contributed by atoms with Crippen molar-refractivity contribution in [3.05, 3.63) is 17.0 Å². The third-order valence-electron chi connectivity index (χ3n) is 2.84. The topological polar surface area (TPSA) is 26.0 Å². The molecule has 0 saturated carbocycles. The van der Waals surface area contributed by atoms with Gasteiger partial charge in [0.2, 0.25) is 0 Å². The molecule has 1 aromatic heterocycles. The lowest BCUT2D eigenvalue weighted by molar-refractivity contribution is 0.286. The van der Waals surface area contributed by atoms with Crippen LogP contribution in [0.3, 0.4) is 0 Å². The Bertz CT molecular complexity index is 317. The molecule has 1 aliphatic rings. The highest BCUT2D eigenvalue weighted by Crippen LogP contribution is 2.38. The first-order chi connectivity index (χ1) is 6.15. The third kappa shape index (κ3) is 1.37. The predicted molar refractivity (Wildman–Crippen MR) is 52.0 cm³/mol. The standard InChI is InChI=1S/C10H14ClNO/c1-10(2)5-3-4-7-8(6-11)12-13-9(7)10/h3-6H2,1-2H3. The van der Waals surface area contributed by atoms with Gasteiger partial charge in [-0.15, -0.1) is 11.6 Å². The number of halogens is 1. The SMILES string of the molecule is CC1(C)CCCc2c(CCl)noc21. The Balaban J connectivity index is 2.48. The van der Waals surface area contributed by atoms with Crippen LogP contribution in [0.5, 0.6) is 0 Å². The molecule has 0 fully saturated rings. The van der Waals surface area contributed by atoms with Crippen LogP contribution in [0.4, 0.5) is 0 Å². The van der Waals surface area contributed by atoms with Crippen LogP contribution in [0.25, 0.3) is 0 Å². The van der Waals surface area contributed by atoms with Gasteiger partial charge >= 0.3 is 0 Å². The number of aromatic nitrogens is 1. The number of alkyl halides is 1. The zero-order valence-corrected chi connectivity index (χ0v) is 8.82. The first kappa shape index (κ1) is 9.07. The van der Waals surface area contributed by atoms with Crippen LogP contribution in [0.1, 0.15) is 43.7 Å². The van der Waals surface area contributed by atoms with E-state index in [9.17, 15) is 0 Å². The summed E-state index contributed by atoms with van der Waals surface area (Å²) in [6.45, 7) is 4.41. The van der Waals surface area contributed by atoms with Crippen molar-refractivity contribution < 1.29 is 4.52 Å². The van der Waals surface area contributed by atoms with E-state index in [2.05, 4.69) is 19.0 Å². The molecule has 2 rings (SSSR count). The smallest absolute Gasteiger partial charge is 0.145 e. The van der Waals surface area contributed by atoms with Gasteiger partial charge in [-0.25, -0.2) is 0 Å². The van der Waals surface area contributed by atoms with Gasteiger partial charge < -0.3 is 4.52 Å². The fourth-order valence-corrected chi connectivity index (χ4v) is 2.27. The van der Waals surface area contributed by atoms with Crippen molar-refractivity contribution in [1.82, 2.24) is 5.16 Å². The Morgan fingerprint density at radius 3 is 3.00 bits per heavy atom. The van der Waals surface area contributed by atoms with E-state index in [1.807, 2.05) is 0 Å². The number of rotatable bonds is 1. The molecule has 1 heterocycles. The van der Waals surface area contributed by atoms with Crippen LogP contribution < -0.4 is 0 Å². The van der Waals surface area contributed by atoms with Crippen molar-refractivity contribution in [3.8, 4) is 0 Å². The van der Waals surface area contributed by atoms with E-state index in [0.717, 1.165) is 17.9 Å². The van der Waals surface area contributed by atoms with Gasteiger partial charge in [-0.05, 0) is 19.3 Å². The van der Waals surface area contributed by atoms with Gasteiger partial charge in [0.15, 0.2) is 0 Å². The lowest BCUT2D eigenvalue weighted by Crippen LogP contribution is -2.22. The van der Waals surface area contributed by atoms with Crippen LogP contribution in [0.15, 0.2) is 4.52 Å². The van der Waals surface area contributed by atoms with Crippen molar-refractivity contribution in [2.45, 2.75) is 44.4 Å². The zero-order valence-electron chi connectivity index (χ0n) is 8.06. The number of fused-ring (bicyclic) bond motifs is 1. The fraction of sp³-hybridized carbons (Fsp3) is 0.700. The van der Waals surface area contributed by atoms with E-state index in [1.54, 1.807) is 0 Å². The average molecular weight is 200 g/mol. The highest BCUT2D eigenvalue weighted by Gasteiger charge is 2.33. The lowest BCUT2D eigenvalue weighted by atomic mass is 9.77. The number of hydrogen-bond donors (Lipinski definition) is 0. The van der Waals surface area contributed by atoms with E-state index >= 15 is 0 Å². The Morgan fingerprint density at radius 1 is 1.54 bits per heavy atom. The van der Waals surface area contributed by atoms with E-state index < -0.39 is 0 Å². The van der Waals surface area contributed by atoms with E-state index in [-0.39, 0.29) is 5.41 Å². The van der Waals surface area contributed by atoms with Gasteiger partial charge in [-0.1, -0.05) is 19.0 Å². The summed E-state index contributed by atoms with van der Waals surface area (Å²) >= 11 is 5.78. The van der Waals surface area contributed by atoms with Gasteiger partial charge in [0.25, 0.3) is 0 Å². The molecule has 0 saturated heterocycles. The summed E-state index contributed by atoms with van der Waals surface area (Å²) in [6, 6.07) is 0. The van der Waals surface area contributed by atoms with Gasteiger partial charge in [0.1, 0.15) is 11.5 Å². The molecule has 3 heteroatoms. The Hall–Kier alpha value is -0.500. The molecule has 0 amide bonds. The van der Waals surface area contributed by atoms with Crippen LogP contribution in [-0.4, -0.2) is 5.16 Å². The Kier molecular flexibility index (Phi) is 2.11. The summed E-state index contributed by atoms with van der Waals surface area (Å²) in [4.78, 5) is 0. The van der Waals surface area contributed by atoms with E-state index in [0.29, 0.717) is 5.88 Å². The summed E-state index contributed by atoms with van der Waals surface area (Å²) in [5.41, 5.74) is 2.33.